The molecule has 3 aromatic rings. The van der Waals surface area contributed by atoms with Crippen LogP contribution in [0.5, 0.6) is 0 Å². The number of hydrogen-bond acceptors (Lipinski definition) is 5. The Bertz CT molecular complexity index is 960. The Balaban J connectivity index is 1.74. The van der Waals surface area contributed by atoms with Crippen LogP contribution in [0.25, 0.3) is 5.78 Å². The fourth-order valence-electron chi connectivity index (χ4n) is 2.25. The molecule has 0 bridgehead atoms. The Morgan fingerprint density at radius 2 is 1.83 bits per heavy atom. The van der Waals surface area contributed by atoms with Crippen LogP contribution in [0.1, 0.15) is 32.5 Å². The Labute approximate surface area is 145 Å². The van der Waals surface area contributed by atoms with Gasteiger partial charge in [0, 0.05) is 29.1 Å². The zero-order valence-corrected chi connectivity index (χ0v) is 14.7. The van der Waals surface area contributed by atoms with Gasteiger partial charge in [-0.2, -0.15) is 4.98 Å². The number of nitrogens with one attached hydrogen (secondary N) is 2. The first kappa shape index (κ1) is 16.1. The van der Waals surface area contributed by atoms with E-state index in [0.717, 1.165) is 15.9 Å². The average molecular weight is 392 g/mol. The van der Waals surface area contributed by atoms with Crippen molar-refractivity contribution in [1.29, 1.82) is 0 Å². The van der Waals surface area contributed by atoms with Gasteiger partial charge in [-0.3, -0.25) is 20.4 Å². The van der Waals surface area contributed by atoms with Crippen LogP contribution in [0.2, 0.25) is 0 Å². The van der Waals surface area contributed by atoms with Gasteiger partial charge in [0.25, 0.3) is 11.7 Å². The van der Waals surface area contributed by atoms with Crippen molar-refractivity contribution in [3.8, 4) is 0 Å². The van der Waals surface area contributed by atoms with Crippen LogP contribution in [0, 0.1) is 13.8 Å². The molecule has 10 heteroatoms. The first-order valence-corrected chi connectivity index (χ1v) is 7.78. The van der Waals surface area contributed by atoms with E-state index in [-0.39, 0.29) is 5.82 Å². The normalized spacial score (nSPS) is 10.8. The highest BCUT2D eigenvalue weighted by Gasteiger charge is 2.17. The summed E-state index contributed by atoms with van der Waals surface area (Å²) in [7, 11) is 1.72. The summed E-state index contributed by atoms with van der Waals surface area (Å²) in [4.78, 5) is 32.5. The van der Waals surface area contributed by atoms with Crippen molar-refractivity contribution in [3.05, 3.63) is 45.7 Å². The van der Waals surface area contributed by atoms with E-state index >= 15 is 0 Å². The van der Waals surface area contributed by atoms with Crippen LogP contribution in [-0.4, -0.2) is 36.0 Å². The molecular weight excluding hydrogens is 378 g/mol. The van der Waals surface area contributed by atoms with Crippen molar-refractivity contribution in [2.45, 2.75) is 13.8 Å². The summed E-state index contributed by atoms with van der Waals surface area (Å²) < 4.78 is 3.86. The van der Waals surface area contributed by atoms with Crippen molar-refractivity contribution in [3.63, 3.8) is 0 Å². The number of carbonyl (C=O) groups excluding carboxylic acids is 2. The lowest BCUT2D eigenvalue weighted by molar-refractivity contribution is 0.0836. The number of carbonyl (C=O) groups is 2. The second kappa shape index (κ2) is 6.04. The molecule has 0 radical (unpaired) electrons. The van der Waals surface area contributed by atoms with Crippen molar-refractivity contribution in [2.24, 2.45) is 7.05 Å². The van der Waals surface area contributed by atoms with Crippen LogP contribution in [-0.2, 0) is 7.05 Å². The fraction of sp³-hybridized carbons (Fsp3) is 0.214. The van der Waals surface area contributed by atoms with Crippen LogP contribution in [0.4, 0.5) is 0 Å². The first-order chi connectivity index (χ1) is 11.3. The largest absolute Gasteiger partial charge is 0.345 e. The third-order valence-corrected chi connectivity index (χ3v) is 3.75. The number of halogens is 1. The van der Waals surface area contributed by atoms with E-state index < -0.39 is 11.8 Å². The summed E-state index contributed by atoms with van der Waals surface area (Å²) in [5, 5.41) is 4.09. The molecule has 24 heavy (non-hydrogen) atoms. The van der Waals surface area contributed by atoms with Crippen LogP contribution < -0.4 is 10.9 Å². The Kier molecular flexibility index (Phi) is 4.06. The highest BCUT2D eigenvalue weighted by Crippen LogP contribution is 2.13. The molecule has 3 aromatic heterocycles. The number of hydrogen-bond donors (Lipinski definition) is 2. The van der Waals surface area contributed by atoms with Crippen molar-refractivity contribution in [2.75, 3.05) is 0 Å². The fourth-order valence-corrected chi connectivity index (χ4v) is 2.77. The maximum atomic E-state index is 12.1. The molecule has 3 rings (SSSR count). The molecule has 124 valence electrons. The molecule has 0 atom stereocenters. The highest BCUT2D eigenvalue weighted by molar-refractivity contribution is 9.10. The SMILES string of the molecule is Cc1cc(C)n2nc(C(=O)NNC(=O)c3cc(Br)cn3C)nc2n1. The lowest BCUT2D eigenvalue weighted by Gasteiger charge is -2.05. The minimum Gasteiger partial charge on any atom is -0.345 e. The molecular formula is C14H14BrN7O2. The predicted molar refractivity (Wildman–Crippen MR) is 88.3 cm³/mol. The smallest absolute Gasteiger partial charge is 0.309 e. The second-order valence-corrected chi connectivity index (χ2v) is 6.16. The van der Waals surface area contributed by atoms with Crippen LogP contribution in [0.15, 0.2) is 22.8 Å². The molecule has 0 aliphatic rings. The van der Waals surface area contributed by atoms with Crippen LogP contribution >= 0.6 is 15.9 Å². The molecule has 0 unspecified atom stereocenters. The third-order valence-electron chi connectivity index (χ3n) is 3.32. The van der Waals surface area contributed by atoms with Crippen molar-refractivity contribution >= 4 is 33.5 Å². The maximum Gasteiger partial charge on any atom is 0.309 e. The van der Waals surface area contributed by atoms with E-state index in [0.29, 0.717) is 11.5 Å². The first-order valence-electron chi connectivity index (χ1n) is 6.98. The quantitative estimate of drug-likeness (QED) is 0.631. The van der Waals surface area contributed by atoms with E-state index in [1.807, 2.05) is 19.9 Å². The Morgan fingerprint density at radius 3 is 2.50 bits per heavy atom. The molecule has 9 nitrogen and oxygen atoms in total. The summed E-state index contributed by atoms with van der Waals surface area (Å²) in [5.41, 5.74) is 6.60. The van der Waals surface area contributed by atoms with Gasteiger partial charge >= 0.3 is 5.91 Å². The molecule has 2 amide bonds. The average Bonchev–Trinajstić information content (AvgIpc) is 3.07. The third kappa shape index (κ3) is 3.00. The standard InChI is InChI=1S/C14H14BrN7O2/c1-7-4-8(2)22-14(16-7)17-11(20-22)13(24)19-18-12(23)10-5-9(15)6-21(10)3/h4-6H,1-3H3,(H,18,23)(H,19,24). The molecule has 0 saturated carbocycles. The molecule has 0 spiro atoms. The van der Waals surface area contributed by atoms with Gasteiger partial charge in [-0.1, -0.05) is 0 Å². The van der Waals surface area contributed by atoms with Gasteiger partial charge < -0.3 is 4.57 Å². The van der Waals surface area contributed by atoms with Gasteiger partial charge in [0.15, 0.2) is 0 Å². The van der Waals surface area contributed by atoms with E-state index in [9.17, 15) is 9.59 Å². The van der Waals surface area contributed by atoms with Gasteiger partial charge in [0.2, 0.25) is 5.82 Å². The minimum atomic E-state index is -0.626. The van der Waals surface area contributed by atoms with E-state index in [1.54, 1.807) is 23.9 Å². The number of hydrazine groups is 1. The molecule has 0 aliphatic heterocycles. The lowest BCUT2D eigenvalue weighted by atomic mass is 10.4. The molecule has 0 aliphatic carbocycles. The van der Waals surface area contributed by atoms with Crippen molar-refractivity contribution in [1.82, 2.24) is 35.0 Å². The number of fused-ring (bicyclic) bond motifs is 1. The number of amides is 2. The van der Waals surface area contributed by atoms with E-state index in [1.165, 1.54) is 4.52 Å². The van der Waals surface area contributed by atoms with Gasteiger partial charge in [-0.05, 0) is 41.9 Å². The van der Waals surface area contributed by atoms with Crippen molar-refractivity contribution < 1.29 is 9.59 Å². The maximum absolute atomic E-state index is 12.1. The zero-order valence-electron chi connectivity index (χ0n) is 13.2. The number of aryl methyl sites for hydroxylation is 3. The number of aromatic nitrogens is 5. The summed E-state index contributed by atoms with van der Waals surface area (Å²) in [6.07, 6.45) is 1.73. The lowest BCUT2D eigenvalue weighted by Crippen LogP contribution is -2.42. The van der Waals surface area contributed by atoms with E-state index in [2.05, 4.69) is 41.8 Å². The van der Waals surface area contributed by atoms with Gasteiger partial charge in [0.1, 0.15) is 5.69 Å². The molecule has 0 saturated heterocycles. The predicted octanol–water partition coefficient (Wildman–Crippen LogP) is 0.917. The summed E-state index contributed by atoms with van der Waals surface area (Å²) in [6, 6.07) is 3.47. The van der Waals surface area contributed by atoms with E-state index in [4.69, 9.17) is 0 Å². The molecule has 0 aromatic carbocycles. The minimum absolute atomic E-state index is 0.0791. The summed E-state index contributed by atoms with van der Waals surface area (Å²) in [6.45, 7) is 3.67. The topological polar surface area (TPSA) is 106 Å². The number of nitrogens with zero attached hydrogens (tertiary/aromatic N) is 5. The molecule has 2 N–H and O–H groups in total. The monoisotopic (exact) mass is 391 g/mol. The van der Waals surface area contributed by atoms with Crippen LogP contribution in [0.3, 0.4) is 0 Å². The summed E-state index contributed by atoms with van der Waals surface area (Å²) >= 11 is 3.28. The zero-order chi connectivity index (χ0) is 17.4. The Hall–Kier alpha value is -2.75. The van der Waals surface area contributed by atoms with Gasteiger partial charge in [-0.15, -0.1) is 5.10 Å². The van der Waals surface area contributed by atoms with Gasteiger partial charge in [-0.25, -0.2) is 9.50 Å². The highest BCUT2D eigenvalue weighted by atomic mass is 79.9. The second-order valence-electron chi connectivity index (χ2n) is 5.25. The summed E-state index contributed by atoms with van der Waals surface area (Å²) in [5.74, 6) is -0.829. The Morgan fingerprint density at radius 1 is 1.12 bits per heavy atom. The number of rotatable bonds is 2. The molecule has 0 fully saturated rings. The van der Waals surface area contributed by atoms with Gasteiger partial charge in [0.05, 0.1) is 0 Å². The molecule has 3 heterocycles.